The van der Waals surface area contributed by atoms with Crippen molar-refractivity contribution in [2.75, 3.05) is 38.6 Å². The molecular formula is C34H38N4O3S. The van der Waals surface area contributed by atoms with Gasteiger partial charge in [-0.25, -0.2) is 14.6 Å². The number of esters is 1. The van der Waals surface area contributed by atoms with Crippen molar-refractivity contribution >= 4 is 28.5 Å². The first-order valence-electron chi connectivity index (χ1n) is 14.6. The Morgan fingerprint density at radius 2 is 1.60 bits per heavy atom. The van der Waals surface area contributed by atoms with E-state index in [0.717, 1.165) is 50.0 Å². The molecule has 2 heterocycles. The molecule has 2 N–H and O–H groups in total. The first-order chi connectivity index (χ1) is 20.6. The molecule has 0 radical (unpaired) electrons. The Bertz CT molecular complexity index is 1380. The molecule has 5 rings (SSSR count). The van der Waals surface area contributed by atoms with Gasteiger partial charge in [-0.15, -0.1) is 11.3 Å². The molecule has 1 saturated heterocycles. The summed E-state index contributed by atoms with van der Waals surface area (Å²) in [5.74, 6) is 0.445. The van der Waals surface area contributed by atoms with Gasteiger partial charge in [-0.2, -0.15) is 0 Å². The van der Waals surface area contributed by atoms with E-state index in [-0.39, 0.29) is 17.9 Å². The predicted molar refractivity (Wildman–Crippen MR) is 169 cm³/mol. The van der Waals surface area contributed by atoms with Crippen LogP contribution in [-0.4, -0.2) is 55.2 Å². The van der Waals surface area contributed by atoms with E-state index in [9.17, 15) is 9.59 Å². The summed E-state index contributed by atoms with van der Waals surface area (Å²) in [7, 11) is 1.37. The van der Waals surface area contributed by atoms with Crippen LogP contribution in [0.1, 0.15) is 53.1 Å². The normalized spacial score (nSPS) is 13.6. The first-order valence-corrected chi connectivity index (χ1v) is 15.5. The van der Waals surface area contributed by atoms with Crippen molar-refractivity contribution in [3.8, 4) is 11.3 Å². The second-order valence-electron chi connectivity index (χ2n) is 10.7. The number of rotatable bonds is 11. The fourth-order valence-electron chi connectivity index (χ4n) is 5.53. The number of anilines is 1. The van der Waals surface area contributed by atoms with E-state index in [1.54, 1.807) is 12.1 Å². The number of methoxy groups -OCH3 is 1. The van der Waals surface area contributed by atoms with Crippen LogP contribution in [0.2, 0.25) is 0 Å². The zero-order chi connectivity index (χ0) is 29.1. The third-order valence-corrected chi connectivity index (χ3v) is 8.72. The monoisotopic (exact) mass is 582 g/mol. The van der Waals surface area contributed by atoms with Gasteiger partial charge in [-0.05, 0) is 68.0 Å². The Kier molecular flexibility index (Phi) is 10.4. The number of hydrogen-bond donors (Lipinski definition) is 2. The zero-order valence-corrected chi connectivity index (χ0v) is 24.8. The fraction of sp³-hybridized carbons (Fsp3) is 0.324. The number of amides is 2. The Morgan fingerprint density at radius 1 is 0.952 bits per heavy atom. The molecule has 0 spiro atoms. The molecule has 4 aromatic rings. The van der Waals surface area contributed by atoms with E-state index in [0.29, 0.717) is 29.7 Å². The summed E-state index contributed by atoms with van der Waals surface area (Å²) < 4.78 is 4.79. The lowest BCUT2D eigenvalue weighted by molar-refractivity contribution is 0.0600. The van der Waals surface area contributed by atoms with Gasteiger partial charge in [0, 0.05) is 30.0 Å². The SMILES string of the molecule is COC(=O)c1ccc(-c2csc(NC(=O)N(CCC3CCNCC3)CCC(c3ccccc3)c3ccccc3)n2)cc1. The van der Waals surface area contributed by atoms with Crippen molar-refractivity contribution in [2.24, 2.45) is 5.92 Å². The smallest absolute Gasteiger partial charge is 0.337 e. The minimum atomic E-state index is -0.376. The van der Waals surface area contributed by atoms with E-state index < -0.39 is 0 Å². The maximum Gasteiger partial charge on any atom is 0.337 e. The molecule has 8 heteroatoms. The lowest BCUT2D eigenvalue weighted by atomic mass is 9.88. The van der Waals surface area contributed by atoms with Gasteiger partial charge in [0.1, 0.15) is 0 Å². The number of nitrogens with zero attached hydrogens (tertiary/aromatic N) is 2. The summed E-state index contributed by atoms with van der Waals surface area (Å²) in [6.07, 6.45) is 4.11. The molecule has 3 aromatic carbocycles. The van der Waals surface area contributed by atoms with Gasteiger partial charge in [0.05, 0.1) is 18.4 Å². The summed E-state index contributed by atoms with van der Waals surface area (Å²) >= 11 is 1.40. The van der Waals surface area contributed by atoms with Gasteiger partial charge in [-0.1, -0.05) is 72.8 Å². The number of aromatic nitrogens is 1. The van der Waals surface area contributed by atoms with Crippen LogP contribution >= 0.6 is 11.3 Å². The molecule has 1 aromatic heterocycles. The second-order valence-corrected chi connectivity index (χ2v) is 11.5. The van der Waals surface area contributed by atoms with Crippen molar-refractivity contribution in [2.45, 2.75) is 31.6 Å². The Hall–Kier alpha value is -4.01. The number of carbonyl (C=O) groups excluding carboxylic acids is 2. The van der Waals surface area contributed by atoms with Crippen molar-refractivity contribution < 1.29 is 14.3 Å². The molecule has 0 atom stereocenters. The maximum absolute atomic E-state index is 13.7. The summed E-state index contributed by atoms with van der Waals surface area (Å²) in [5.41, 5.74) is 4.62. The van der Waals surface area contributed by atoms with Gasteiger partial charge < -0.3 is 15.0 Å². The molecule has 0 unspecified atom stereocenters. The molecule has 1 fully saturated rings. The van der Waals surface area contributed by atoms with Gasteiger partial charge in [0.2, 0.25) is 0 Å². The Labute approximate surface area is 251 Å². The molecule has 0 aliphatic carbocycles. The summed E-state index contributed by atoms with van der Waals surface area (Å²) in [6, 6.07) is 28.1. The quantitative estimate of drug-likeness (QED) is 0.185. The van der Waals surface area contributed by atoms with Crippen molar-refractivity contribution in [1.82, 2.24) is 15.2 Å². The summed E-state index contributed by atoms with van der Waals surface area (Å²) in [6.45, 7) is 3.44. The third kappa shape index (κ3) is 7.84. The number of thiazole rings is 1. The van der Waals surface area contributed by atoms with Crippen molar-refractivity contribution in [3.63, 3.8) is 0 Å². The average Bonchev–Trinajstić information content (AvgIpc) is 3.52. The van der Waals surface area contributed by atoms with Crippen LogP contribution in [0.4, 0.5) is 9.93 Å². The number of piperidine rings is 1. The number of benzene rings is 3. The molecule has 1 aliphatic heterocycles. The van der Waals surface area contributed by atoms with Crippen molar-refractivity contribution in [1.29, 1.82) is 0 Å². The predicted octanol–water partition coefficient (Wildman–Crippen LogP) is 7.04. The van der Waals surface area contributed by atoms with Crippen LogP contribution in [0.15, 0.2) is 90.3 Å². The molecule has 0 bridgehead atoms. The standard InChI is InChI=1S/C34H38N4O3S/c1-41-32(39)29-14-12-28(13-15-29)31-24-42-33(36-31)37-34(40)38(22-18-25-16-20-35-21-17-25)23-19-30(26-8-4-2-5-9-26)27-10-6-3-7-11-27/h2-15,24-25,30,35H,16-23H2,1H3,(H,36,37,40). The summed E-state index contributed by atoms with van der Waals surface area (Å²) in [5, 5.41) is 8.99. The highest BCUT2D eigenvalue weighted by molar-refractivity contribution is 7.14. The molecule has 2 amide bonds. The minimum Gasteiger partial charge on any atom is -0.465 e. The highest BCUT2D eigenvalue weighted by atomic mass is 32.1. The molecule has 7 nitrogen and oxygen atoms in total. The third-order valence-electron chi connectivity index (χ3n) is 7.96. The molecule has 0 saturated carbocycles. The van der Waals surface area contributed by atoms with Gasteiger partial charge in [0.15, 0.2) is 5.13 Å². The maximum atomic E-state index is 13.7. The van der Waals surface area contributed by atoms with Crippen LogP contribution in [0.3, 0.4) is 0 Å². The topological polar surface area (TPSA) is 83.6 Å². The number of hydrogen-bond acceptors (Lipinski definition) is 6. The highest BCUT2D eigenvalue weighted by Crippen LogP contribution is 2.29. The van der Waals surface area contributed by atoms with Crippen LogP contribution in [0, 0.1) is 5.92 Å². The van der Waals surface area contributed by atoms with E-state index >= 15 is 0 Å². The molecule has 1 aliphatic rings. The lowest BCUT2D eigenvalue weighted by Gasteiger charge is -2.29. The summed E-state index contributed by atoms with van der Waals surface area (Å²) in [4.78, 5) is 32.1. The lowest BCUT2D eigenvalue weighted by Crippen LogP contribution is -2.38. The number of carbonyl (C=O) groups is 2. The first kappa shape index (κ1) is 29.5. The van der Waals surface area contributed by atoms with Gasteiger partial charge in [-0.3, -0.25) is 5.32 Å². The molecule has 42 heavy (non-hydrogen) atoms. The number of nitrogens with one attached hydrogen (secondary N) is 2. The zero-order valence-electron chi connectivity index (χ0n) is 24.0. The second kappa shape index (κ2) is 14.8. The van der Waals surface area contributed by atoms with E-state index in [2.05, 4.69) is 64.1 Å². The van der Waals surface area contributed by atoms with Crippen LogP contribution in [-0.2, 0) is 4.74 Å². The van der Waals surface area contributed by atoms with Crippen LogP contribution < -0.4 is 10.6 Å². The van der Waals surface area contributed by atoms with E-state index in [1.807, 2.05) is 34.5 Å². The Balaban J connectivity index is 1.29. The van der Waals surface area contributed by atoms with Gasteiger partial charge in [0.25, 0.3) is 0 Å². The highest BCUT2D eigenvalue weighted by Gasteiger charge is 2.22. The molecule has 218 valence electrons. The minimum absolute atomic E-state index is 0.120. The number of urea groups is 1. The van der Waals surface area contributed by atoms with Crippen LogP contribution in [0.5, 0.6) is 0 Å². The molecular weight excluding hydrogens is 544 g/mol. The fourth-order valence-corrected chi connectivity index (χ4v) is 6.24. The number of ether oxygens (including phenoxy) is 1. The van der Waals surface area contributed by atoms with Gasteiger partial charge >= 0.3 is 12.0 Å². The van der Waals surface area contributed by atoms with E-state index in [1.165, 1.54) is 29.6 Å². The van der Waals surface area contributed by atoms with Crippen molar-refractivity contribution in [3.05, 3.63) is 107 Å². The largest absolute Gasteiger partial charge is 0.465 e. The van der Waals surface area contributed by atoms with E-state index in [4.69, 9.17) is 4.74 Å². The average molecular weight is 583 g/mol. The van der Waals surface area contributed by atoms with Crippen LogP contribution in [0.25, 0.3) is 11.3 Å². The Morgan fingerprint density at radius 3 is 2.21 bits per heavy atom.